The minimum absolute atomic E-state index is 0.0902. The topological polar surface area (TPSA) is 75.0 Å². The predicted molar refractivity (Wildman–Crippen MR) is 93.5 cm³/mol. The third-order valence-corrected chi connectivity index (χ3v) is 5.44. The number of aromatic nitrogens is 2. The molecule has 0 spiro atoms. The minimum Gasteiger partial charge on any atom is -0.338 e. The molecule has 1 aliphatic carbocycles. The second-order valence-electron chi connectivity index (χ2n) is 6.82. The van der Waals surface area contributed by atoms with Gasteiger partial charge in [0.15, 0.2) is 0 Å². The van der Waals surface area contributed by atoms with Crippen LogP contribution in [0.15, 0.2) is 24.3 Å². The van der Waals surface area contributed by atoms with E-state index in [1.807, 2.05) is 29.2 Å². The van der Waals surface area contributed by atoms with Crippen molar-refractivity contribution >= 4 is 17.5 Å². The molecule has 1 amide bonds. The van der Waals surface area contributed by atoms with Crippen LogP contribution in [0.3, 0.4) is 0 Å². The number of benzene rings is 1. The van der Waals surface area contributed by atoms with Gasteiger partial charge in [-0.25, -0.2) is 0 Å². The summed E-state index contributed by atoms with van der Waals surface area (Å²) < 4.78 is 0. The first-order valence-corrected chi connectivity index (χ1v) is 8.86. The molecule has 0 unspecified atom stereocenters. The van der Waals surface area contributed by atoms with Crippen LogP contribution >= 0.6 is 11.6 Å². The third-order valence-electron chi connectivity index (χ3n) is 5.19. The zero-order chi connectivity index (χ0) is 16.7. The first kappa shape index (κ1) is 15.7. The second kappa shape index (κ2) is 6.22. The first-order valence-electron chi connectivity index (χ1n) is 8.48. The number of fused-ring (bicyclic) bond motifs is 1. The summed E-state index contributed by atoms with van der Waals surface area (Å²) in [6.45, 7) is 1.37. The van der Waals surface area contributed by atoms with Gasteiger partial charge in [0, 0.05) is 53.3 Å². The molecule has 126 valence electrons. The van der Waals surface area contributed by atoms with Crippen LogP contribution in [0, 0.1) is 5.92 Å². The van der Waals surface area contributed by atoms with Crippen LogP contribution in [0.5, 0.6) is 0 Å². The average molecular weight is 345 g/mol. The molecule has 2 heterocycles. The fourth-order valence-corrected chi connectivity index (χ4v) is 3.95. The molecule has 24 heavy (non-hydrogen) atoms. The van der Waals surface area contributed by atoms with Gasteiger partial charge in [-0.15, -0.1) is 0 Å². The van der Waals surface area contributed by atoms with Crippen LogP contribution in [-0.4, -0.2) is 33.6 Å². The molecule has 2 aliphatic rings. The molecule has 1 saturated carbocycles. The molecule has 1 fully saturated rings. The summed E-state index contributed by atoms with van der Waals surface area (Å²) in [5.74, 6) is 0.337. The Labute approximate surface area is 146 Å². The van der Waals surface area contributed by atoms with Gasteiger partial charge in [0.25, 0.3) is 0 Å². The van der Waals surface area contributed by atoms with Gasteiger partial charge in [-0.2, -0.15) is 5.10 Å². The maximum absolute atomic E-state index is 12.8. The van der Waals surface area contributed by atoms with E-state index in [9.17, 15) is 4.79 Å². The van der Waals surface area contributed by atoms with Crippen molar-refractivity contribution in [2.75, 3.05) is 6.54 Å². The lowest BCUT2D eigenvalue weighted by Crippen LogP contribution is -2.39. The summed E-state index contributed by atoms with van der Waals surface area (Å²) >= 11 is 5.97. The maximum atomic E-state index is 12.8. The number of carbonyl (C=O) groups is 1. The quantitative estimate of drug-likeness (QED) is 0.879. The van der Waals surface area contributed by atoms with Crippen LogP contribution < -0.4 is 5.73 Å². The molecule has 0 saturated heterocycles. The molecular formula is C18H21ClN4O. The van der Waals surface area contributed by atoms with Gasteiger partial charge in [-0.1, -0.05) is 23.7 Å². The first-order chi connectivity index (χ1) is 11.6. The van der Waals surface area contributed by atoms with E-state index in [1.165, 1.54) is 0 Å². The number of halogens is 1. The number of nitrogens with two attached hydrogens (primary N) is 1. The number of hydrogen-bond donors (Lipinski definition) is 2. The Bertz CT molecular complexity index is 755. The van der Waals surface area contributed by atoms with Crippen molar-refractivity contribution in [3.8, 4) is 11.3 Å². The van der Waals surface area contributed by atoms with E-state index in [1.54, 1.807) is 0 Å². The van der Waals surface area contributed by atoms with Gasteiger partial charge in [0.2, 0.25) is 5.91 Å². The van der Waals surface area contributed by atoms with Gasteiger partial charge in [-0.3, -0.25) is 9.89 Å². The van der Waals surface area contributed by atoms with Crippen LogP contribution in [0.25, 0.3) is 11.3 Å². The molecule has 4 rings (SSSR count). The normalized spacial score (nSPS) is 23.3. The van der Waals surface area contributed by atoms with Gasteiger partial charge < -0.3 is 10.6 Å². The lowest BCUT2D eigenvalue weighted by Gasteiger charge is -2.29. The highest BCUT2D eigenvalue weighted by atomic mass is 35.5. The Morgan fingerprint density at radius 1 is 1.29 bits per heavy atom. The number of hydrogen-bond acceptors (Lipinski definition) is 3. The van der Waals surface area contributed by atoms with Crippen molar-refractivity contribution in [1.82, 2.24) is 15.1 Å². The van der Waals surface area contributed by atoms with Gasteiger partial charge in [-0.05, 0) is 31.4 Å². The highest BCUT2D eigenvalue weighted by molar-refractivity contribution is 6.30. The largest absolute Gasteiger partial charge is 0.338 e. The van der Waals surface area contributed by atoms with Crippen molar-refractivity contribution in [2.45, 2.75) is 38.3 Å². The monoisotopic (exact) mass is 344 g/mol. The van der Waals surface area contributed by atoms with E-state index < -0.39 is 0 Å². The Morgan fingerprint density at radius 3 is 2.79 bits per heavy atom. The highest BCUT2D eigenvalue weighted by Gasteiger charge is 2.33. The van der Waals surface area contributed by atoms with E-state index in [4.69, 9.17) is 17.3 Å². The SMILES string of the molecule is N[C@@H]1CC[C@H](C(=O)N2CCc3[nH]nc(-c4ccc(Cl)cc4)c3C2)C1. The van der Waals surface area contributed by atoms with Crippen molar-refractivity contribution in [1.29, 1.82) is 0 Å². The van der Waals surface area contributed by atoms with E-state index in [0.717, 1.165) is 54.7 Å². The number of nitrogens with zero attached hydrogens (tertiary/aromatic N) is 2. The maximum Gasteiger partial charge on any atom is 0.226 e. The standard InChI is InChI=1S/C18H21ClN4O/c19-13-4-1-11(2-5-13)17-15-10-23(8-7-16(15)21-22-17)18(24)12-3-6-14(20)9-12/h1-2,4-5,12,14H,3,6-10,20H2,(H,21,22)/t12-,14+/m0/s1. The zero-order valence-corrected chi connectivity index (χ0v) is 14.2. The van der Waals surface area contributed by atoms with Crippen molar-refractivity contribution in [3.05, 3.63) is 40.5 Å². The number of carbonyl (C=O) groups excluding carboxylic acids is 1. The van der Waals surface area contributed by atoms with E-state index in [0.29, 0.717) is 11.6 Å². The molecule has 0 radical (unpaired) electrons. The fraction of sp³-hybridized carbons (Fsp3) is 0.444. The molecule has 1 aromatic heterocycles. The molecule has 2 aromatic rings. The molecule has 5 nitrogen and oxygen atoms in total. The van der Waals surface area contributed by atoms with Crippen LogP contribution in [0.1, 0.15) is 30.5 Å². The average Bonchev–Trinajstić information content (AvgIpc) is 3.21. The second-order valence-corrected chi connectivity index (χ2v) is 7.25. The number of nitrogens with one attached hydrogen (secondary N) is 1. The highest BCUT2D eigenvalue weighted by Crippen LogP contribution is 2.32. The summed E-state index contributed by atoms with van der Waals surface area (Å²) in [6.07, 6.45) is 3.51. The van der Waals surface area contributed by atoms with Gasteiger partial charge in [0.05, 0.1) is 5.69 Å². The fourth-order valence-electron chi connectivity index (χ4n) is 3.83. The summed E-state index contributed by atoms with van der Waals surface area (Å²) in [5.41, 5.74) is 10.2. The number of aromatic amines is 1. The number of amides is 1. The van der Waals surface area contributed by atoms with E-state index in [-0.39, 0.29) is 17.9 Å². The van der Waals surface area contributed by atoms with Crippen LogP contribution in [0.2, 0.25) is 5.02 Å². The summed E-state index contributed by atoms with van der Waals surface area (Å²) in [7, 11) is 0. The smallest absolute Gasteiger partial charge is 0.226 e. The summed E-state index contributed by atoms with van der Waals surface area (Å²) in [5, 5.41) is 8.32. The predicted octanol–water partition coefficient (Wildman–Crippen LogP) is 2.74. The Balaban J connectivity index is 1.57. The number of rotatable bonds is 2. The number of H-pyrrole nitrogens is 1. The minimum atomic E-state index is 0.0902. The van der Waals surface area contributed by atoms with Crippen molar-refractivity contribution < 1.29 is 4.79 Å². The molecule has 2 atom stereocenters. The Kier molecular flexibility index (Phi) is 4.06. The zero-order valence-electron chi connectivity index (χ0n) is 13.5. The van der Waals surface area contributed by atoms with Crippen LogP contribution in [0.4, 0.5) is 0 Å². The molecular weight excluding hydrogens is 324 g/mol. The summed E-state index contributed by atoms with van der Waals surface area (Å²) in [6, 6.07) is 7.84. The Morgan fingerprint density at radius 2 is 2.08 bits per heavy atom. The van der Waals surface area contributed by atoms with Crippen molar-refractivity contribution in [2.24, 2.45) is 11.7 Å². The molecule has 1 aliphatic heterocycles. The van der Waals surface area contributed by atoms with E-state index >= 15 is 0 Å². The molecule has 1 aromatic carbocycles. The van der Waals surface area contributed by atoms with E-state index in [2.05, 4.69) is 10.2 Å². The third kappa shape index (κ3) is 2.82. The Hall–Kier alpha value is -1.85. The molecule has 3 N–H and O–H groups in total. The molecule has 0 bridgehead atoms. The van der Waals surface area contributed by atoms with Gasteiger partial charge >= 0.3 is 0 Å². The van der Waals surface area contributed by atoms with Gasteiger partial charge in [0.1, 0.15) is 0 Å². The lowest BCUT2D eigenvalue weighted by molar-refractivity contribution is -0.136. The van der Waals surface area contributed by atoms with Crippen molar-refractivity contribution in [3.63, 3.8) is 0 Å². The lowest BCUT2D eigenvalue weighted by atomic mass is 9.99. The molecule has 6 heteroatoms. The summed E-state index contributed by atoms with van der Waals surface area (Å²) in [4.78, 5) is 14.8. The van der Waals surface area contributed by atoms with Crippen LogP contribution in [-0.2, 0) is 17.8 Å².